The Labute approximate surface area is 184 Å². The first-order chi connectivity index (χ1) is 15.7. The molecule has 9 heteroatoms. The van der Waals surface area contributed by atoms with E-state index in [4.69, 9.17) is 14.2 Å². The number of pyridine rings is 2. The van der Waals surface area contributed by atoms with Gasteiger partial charge in [-0.2, -0.15) is 0 Å². The van der Waals surface area contributed by atoms with Gasteiger partial charge < -0.3 is 24.4 Å². The first kappa shape index (κ1) is 19.8. The number of hydrogen-bond donors (Lipinski definition) is 1. The first-order valence-electron chi connectivity index (χ1n) is 10.1. The topological polar surface area (TPSA) is 103 Å². The highest BCUT2D eigenvalue weighted by Gasteiger charge is 2.36. The second-order valence-electron chi connectivity index (χ2n) is 7.43. The van der Waals surface area contributed by atoms with E-state index in [0.717, 1.165) is 5.56 Å². The molecule has 1 N–H and O–H groups in total. The lowest BCUT2D eigenvalue weighted by atomic mass is 10.1. The minimum Gasteiger partial charge on any atom is -0.485 e. The number of anilines is 2. The summed E-state index contributed by atoms with van der Waals surface area (Å²) in [6.07, 6.45) is 5.06. The summed E-state index contributed by atoms with van der Waals surface area (Å²) in [5.41, 5.74) is 1.62. The number of ether oxygens (including phenoxy) is 3. The van der Waals surface area contributed by atoms with Crippen LogP contribution in [0.25, 0.3) is 0 Å². The van der Waals surface area contributed by atoms with Gasteiger partial charge in [0.25, 0.3) is 0 Å². The second kappa shape index (κ2) is 8.54. The predicted molar refractivity (Wildman–Crippen MR) is 114 cm³/mol. The van der Waals surface area contributed by atoms with Crippen LogP contribution in [0.4, 0.5) is 11.5 Å². The van der Waals surface area contributed by atoms with Crippen LogP contribution in [0.2, 0.25) is 0 Å². The summed E-state index contributed by atoms with van der Waals surface area (Å²) < 4.78 is 16.5. The van der Waals surface area contributed by atoms with Gasteiger partial charge >= 0.3 is 0 Å². The van der Waals surface area contributed by atoms with Gasteiger partial charge in [0.15, 0.2) is 23.1 Å². The SMILES string of the molecule is O=C(Nc1ncccc1OCc1ccncc1)C1CC(=O)N(c2ccc3c(c2)OCO3)C1. The molecule has 0 bridgehead atoms. The van der Waals surface area contributed by atoms with Crippen LogP contribution in [0.1, 0.15) is 12.0 Å². The number of nitrogens with one attached hydrogen (secondary N) is 1. The van der Waals surface area contributed by atoms with Crippen molar-refractivity contribution < 1.29 is 23.8 Å². The van der Waals surface area contributed by atoms with Crippen molar-refractivity contribution in [2.24, 2.45) is 5.92 Å². The molecule has 0 radical (unpaired) electrons. The zero-order valence-corrected chi connectivity index (χ0v) is 17.1. The maximum Gasteiger partial charge on any atom is 0.231 e. The van der Waals surface area contributed by atoms with E-state index in [2.05, 4.69) is 15.3 Å². The average Bonchev–Trinajstić information content (AvgIpc) is 3.45. The van der Waals surface area contributed by atoms with Crippen molar-refractivity contribution in [2.75, 3.05) is 23.6 Å². The molecule has 3 aromatic rings. The Morgan fingerprint density at radius 1 is 1.12 bits per heavy atom. The Morgan fingerprint density at radius 3 is 2.84 bits per heavy atom. The van der Waals surface area contributed by atoms with E-state index < -0.39 is 5.92 Å². The number of carbonyl (C=O) groups is 2. The molecule has 0 spiro atoms. The molecule has 2 aromatic heterocycles. The van der Waals surface area contributed by atoms with Crippen LogP contribution in [-0.4, -0.2) is 35.1 Å². The molecule has 162 valence electrons. The van der Waals surface area contributed by atoms with Gasteiger partial charge in [0.1, 0.15) is 6.61 Å². The van der Waals surface area contributed by atoms with Gasteiger partial charge in [0.2, 0.25) is 18.6 Å². The van der Waals surface area contributed by atoms with Crippen LogP contribution in [-0.2, 0) is 16.2 Å². The third-order valence-corrected chi connectivity index (χ3v) is 5.32. The standard InChI is InChI=1S/C23H20N4O5/c28-21-10-16(12-27(21)17-3-4-18-20(11-17)32-14-31-18)23(29)26-22-19(2-1-7-25-22)30-13-15-5-8-24-9-6-15/h1-9,11,16H,10,12-14H2,(H,25,26,29). The largest absolute Gasteiger partial charge is 0.485 e. The number of amides is 2. The molecule has 0 saturated carbocycles. The van der Waals surface area contributed by atoms with Gasteiger partial charge in [-0.15, -0.1) is 0 Å². The maximum absolute atomic E-state index is 12.9. The monoisotopic (exact) mass is 432 g/mol. The lowest BCUT2D eigenvalue weighted by Crippen LogP contribution is -2.28. The first-order valence-corrected chi connectivity index (χ1v) is 10.1. The minimum atomic E-state index is -0.511. The molecule has 1 aromatic carbocycles. The third kappa shape index (κ3) is 4.04. The Balaban J connectivity index is 1.25. The molecule has 1 saturated heterocycles. The Kier molecular flexibility index (Phi) is 5.29. The summed E-state index contributed by atoms with van der Waals surface area (Å²) >= 11 is 0. The normalized spacial score (nSPS) is 16.8. The number of nitrogens with zero attached hydrogens (tertiary/aromatic N) is 3. The molecule has 2 amide bonds. The number of benzene rings is 1. The van der Waals surface area contributed by atoms with E-state index in [1.807, 2.05) is 12.1 Å². The number of hydrogen-bond acceptors (Lipinski definition) is 7. The highest BCUT2D eigenvalue weighted by molar-refractivity contribution is 6.03. The smallest absolute Gasteiger partial charge is 0.231 e. The van der Waals surface area contributed by atoms with Crippen molar-refractivity contribution in [3.8, 4) is 17.2 Å². The number of fused-ring (bicyclic) bond motifs is 1. The van der Waals surface area contributed by atoms with Gasteiger partial charge in [-0.05, 0) is 42.0 Å². The molecule has 2 aliphatic heterocycles. The van der Waals surface area contributed by atoms with Crippen molar-refractivity contribution in [1.29, 1.82) is 0 Å². The number of rotatable bonds is 6. The third-order valence-electron chi connectivity index (χ3n) is 5.32. The lowest BCUT2D eigenvalue weighted by molar-refractivity contribution is -0.122. The summed E-state index contributed by atoms with van der Waals surface area (Å²) in [4.78, 5) is 35.3. The van der Waals surface area contributed by atoms with Gasteiger partial charge in [-0.1, -0.05) is 0 Å². The van der Waals surface area contributed by atoms with E-state index in [-0.39, 0.29) is 31.6 Å². The molecule has 2 aliphatic rings. The van der Waals surface area contributed by atoms with Gasteiger partial charge in [0.05, 0.1) is 5.92 Å². The van der Waals surface area contributed by atoms with Gasteiger partial charge in [-0.25, -0.2) is 4.98 Å². The molecule has 32 heavy (non-hydrogen) atoms. The van der Waals surface area contributed by atoms with Crippen LogP contribution >= 0.6 is 0 Å². The predicted octanol–water partition coefficient (Wildman–Crippen LogP) is 2.78. The summed E-state index contributed by atoms with van der Waals surface area (Å²) in [7, 11) is 0. The fraction of sp³-hybridized carbons (Fsp3) is 0.217. The lowest BCUT2D eigenvalue weighted by Gasteiger charge is -2.17. The Morgan fingerprint density at radius 2 is 1.97 bits per heavy atom. The molecular formula is C23H20N4O5. The van der Waals surface area contributed by atoms with E-state index in [9.17, 15) is 9.59 Å². The fourth-order valence-electron chi connectivity index (χ4n) is 3.65. The van der Waals surface area contributed by atoms with Gasteiger partial charge in [0, 0.05) is 43.3 Å². The summed E-state index contributed by atoms with van der Waals surface area (Å²) in [5.74, 6) is 1.09. The van der Waals surface area contributed by atoms with Crippen molar-refractivity contribution in [3.63, 3.8) is 0 Å². The van der Waals surface area contributed by atoms with Crippen molar-refractivity contribution in [3.05, 3.63) is 66.6 Å². The van der Waals surface area contributed by atoms with Gasteiger partial charge in [-0.3, -0.25) is 14.6 Å². The van der Waals surface area contributed by atoms with Crippen molar-refractivity contribution in [1.82, 2.24) is 9.97 Å². The van der Waals surface area contributed by atoms with Crippen molar-refractivity contribution >= 4 is 23.3 Å². The number of carbonyl (C=O) groups excluding carboxylic acids is 2. The van der Waals surface area contributed by atoms with Crippen LogP contribution < -0.4 is 24.4 Å². The fourth-order valence-corrected chi connectivity index (χ4v) is 3.65. The van der Waals surface area contributed by atoms with Crippen LogP contribution in [0.5, 0.6) is 17.2 Å². The van der Waals surface area contributed by atoms with Crippen molar-refractivity contribution in [2.45, 2.75) is 13.0 Å². The van der Waals surface area contributed by atoms with Crippen LogP contribution in [0.3, 0.4) is 0 Å². The molecule has 1 fully saturated rings. The quantitative estimate of drug-likeness (QED) is 0.639. The molecular weight excluding hydrogens is 412 g/mol. The van der Waals surface area contributed by atoms with E-state index in [1.165, 1.54) is 0 Å². The molecule has 1 atom stereocenters. The van der Waals surface area contributed by atoms with E-state index >= 15 is 0 Å². The molecule has 4 heterocycles. The Bertz CT molecular complexity index is 1150. The molecule has 9 nitrogen and oxygen atoms in total. The van der Waals surface area contributed by atoms with Crippen LogP contribution in [0, 0.1) is 5.92 Å². The highest BCUT2D eigenvalue weighted by atomic mass is 16.7. The average molecular weight is 432 g/mol. The van der Waals surface area contributed by atoms with E-state index in [1.54, 1.807) is 53.8 Å². The van der Waals surface area contributed by atoms with E-state index in [0.29, 0.717) is 35.4 Å². The molecule has 5 rings (SSSR count). The maximum atomic E-state index is 12.9. The number of aromatic nitrogens is 2. The summed E-state index contributed by atoms with van der Waals surface area (Å²) in [6, 6.07) is 12.5. The molecule has 1 unspecified atom stereocenters. The summed E-state index contributed by atoms with van der Waals surface area (Å²) in [5, 5.41) is 2.81. The zero-order valence-electron chi connectivity index (χ0n) is 17.1. The second-order valence-corrected chi connectivity index (χ2v) is 7.43. The van der Waals surface area contributed by atoms with Crippen LogP contribution in [0.15, 0.2) is 61.1 Å². The zero-order chi connectivity index (χ0) is 21.9. The minimum absolute atomic E-state index is 0.111. The Hall–Kier alpha value is -4.14. The highest BCUT2D eigenvalue weighted by Crippen LogP contribution is 2.37. The molecule has 0 aliphatic carbocycles. The summed E-state index contributed by atoms with van der Waals surface area (Å²) in [6.45, 7) is 0.745.